The molecule has 3 N–H and O–H groups in total. The van der Waals surface area contributed by atoms with Gasteiger partial charge in [0.25, 0.3) is 0 Å². The molecule has 0 bridgehead atoms. The van der Waals surface area contributed by atoms with Gasteiger partial charge in [-0.15, -0.1) is 11.3 Å². The highest BCUT2D eigenvalue weighted by Gasteiger charge is 2.25. The van der Waals surface area contributed by atoms with Gasteiger partial charge in [-0.3, -0.25) is 4.79 Å². The summed E-state index contributed by atoms with van der Waals surface area (Å²) >= 11 is 1.78. The van der Waals surface area contributed by atoms with Crippen molar-refractivity contribution in [1.82, 2.24) is 4.90 Å². The number of piperidine rings is 1. The maximum absolute atomic E-state index is 10.6. The Morgan fingerprint density at radius 1 is 1.56 bits per heavy atom. The highest BCUT2D eigenvalue weighted by atomic mass is 32.1. The fourth-order valence-corrected chi connectivity index (χ4v) is 3.47. The first kappa shape index (κ1) is 13.5. The first-order valence-corrected chi connectivity index (χ1v) is 7.23. The molecule has 2 atom stereocenters. The van der Waals surface area contributed by atoms with E-state index in [2.05, 4.69) is 22.4 Å². The Morgan fingerprint density at radius 3 is 3.06 bits per heavy atom. The van der Waals surface area contributed by atoms with Gasteiger partial charge in [-0.1, -0.05) is 6.07 Å². The van der Waals surface area contributed by atoms with Gasteiger partial charge in [-0.25, -0.2) is 0 Å². The zero-order valence-corrected chi connectivity index (χ0v) is 11.2. The lowest BCUT2D eigenvalue weighted by atomic mass is 9.91. The van der Waals surface area contributed by atoms with Crippen LogP contribution in [0.3, 0.4) is 0 Å². The molecule has 2 heterocycles. The lowest BCUT2D eigenvalue weighted by Gasteiger charge is -2.36. The third-order valence-corrected chi connectivity index (χ3v) is 4.26. The molecule has 0 radical (unpaired) electrons. The van der Waals surface area contributed by atoms with Crippen LogP contribution in [0.15, 0.2) is 17.5 Å². The molecule has 1 fully saturated rings. The Hall–Kier alpha value is -0.910. The van der Waals surface area contributed by atoms with Crippen molar-refractivity contribution in [1.29, 1.82) is 0 Å². The summed E-state index contributed by atoms with van der Waals surface area (Å²) in [6.07, 6.45) is 2.31. The van der Waals surface area contributed by atoms with Crippen LogP contribution in [0.4, 0.5) is 0 Å². The van der Waals surface area contributed by atoms with Gasteiger partial charge in [0.15, 0.2) is 0 Å². The Kier molecular flexibility index (Phi) is 4.74. The molecule has 1 saturated heterocycles. The van der Waals surface area contributed by atoms with Crippen LogP contribution in [0.2, 0.25) is 0 Å². The highest BCUT2D eigenvalue weighted by molar-refractivity contribution is 7.09. The van der Waals surface area contributed by atoms with E-state index >= 15 is 0 Å². The monoisotopic (exact) mass is 268 g/mol. The molecular weight excluding hydrogens is 248 g/mol. The summed E-state index contributed by atoms with van der Waals surface area (Å²) in [5.41, 5.74) is 6.07. The number of nitrogens with zero attached hydrogens (tertiary/aromatic N) is 1. The van der Waals surface area contributed by atoms with Gasteiger partial charge in [0.2, 0.25) is 0 Å². The van der Waals surface area contributed by atoms with Crippen molar-refractivity contribution in [2.45, 2.75) is 25.3 Å². The molecule has 0 aliphatic carbocycles. The van der Waals surface area contributed by atoms with Gasteiger partial charge in [0.05, 0.1) is 6.42 Å². The average molecular weight is 268 g/mol. The molecule has 0 aromatic carbocycles. The summed E-state index contributed by atoms with van der Waals surface area (Å²) in [5, 5.41) is 10.8. The summed E-state index contributed by atoms with van der Waals surface area (Å²) in [5.74, 6) is -0.176. The molecule has 1 aliphatic rings. The minimum absolute atomic E-state index is 0.178. The van der Waals surface area contributed by atoms with Crippen LogP contribution >= 0.6 is 11.3 Å². The third-order valence-electron chi connectivity index (χ3n) is 3.36. The van der Waals surface area contributed by atoms with Crippen molar-refractivity contribution in [3.63, 3.8) is 0 Å². The fraction of sp³-hybridized carbons (Fsp3) is 0.615. The van der Waals surface area contributed by atoms with E-state index in [-0.39, 0.29) is 12.5 Å². The normalized spacial score (nSPS) is 25.2. The second kappa shape index (κ2) is 6.31. The Bertz CT molecular complexity index is 380. The lowest BCUT2D eigenvalue weighted by Crippen LogP contribution is -2.48. The van der Waals surface area contributed by atoms with E-state index in [0.717, 1.165) is 25.9 Å². The van der Waals surface area contributed by atoms with Crippen LogP contribution in [0, 0.1) is 5.92 Å². The van der Waals surface area contributed by atoms with Crippen LogP contribution in [0.1, 0.15) is 17.7 Å². The second-order valence-electron chi connectivity index (χ2n) is 5.05. The molecule has 2 unspecified atom stereocenters. The predicted octanol–water partition coefficient (Wildman–Crippen LogP) is 1.41. The first-order valence-electron chi connectivity index (χ1n) is 6.35. The molecule has 1 aromatic heterocycles. The molecule has 18 heavy (non-hydrogen) atoms. The standard InChI is InChI=1S/C13H20N2O2S/c14-11-6-10(7-12-2-1-5-18-12)8-15(9-11)4-3-13(16)17/h1-2,5,10-11H,3-4,6-9,14H2,(H,16,17). The summed E-state index contributed by atoms with van der Waals surface area (Å²) in [7, 11) is 0. The Labute approximate surface area is 111 Å². The van der Waals surface area contributed by atoms with Gasteiger partial charge in [0, 0.05) is 30.6 Å². The second-order valence-corrected chi connectivity index (χ2v) is 6.08. The van der Waals surface area contributed by atoms with Crippen molar-refractivity contribution < 1.29 is 9.90 Å². The minimum atomic E-state index is -0.732. The van der Waals surface area contributed by atoms with Crippen LogP contribution in [0.25, 0.3) is 0 Å². The number of likely N-dealkylation sites (tertiary alicyclic amines) is 1. The molecule has 100 valence electrons. The highest BCUT2D eigenvalue weighted by Crippen LogP contribution is 2.22. The molecular formula is C13H20N2O2S. The number of nitrogens with two attached hydrogens (primary N) is 1. The summed E-state index contributed by atoms with van der Waals surface area (Å²) in [6, 6.07) is 4.41. The summed E-state index contributed by atoms with van der Waals surface area (Å²) < 4.78 is 0. The van der Waals surface area contributed by atoms with Crippen molar-refractivity contribution in [3.05, 3.63) is 22.4 Å². The minimum Gasteiger partial charge on any atom is -0.481 e. The Morgan fingerprint density at radius 2 is 2.39 bits per heavy atom. The maximum Gasteiger partial charge on any atom is 0.304 e. The van der Waals surface area contributed by atoms with E-state index in [1.165, 1.54) is 4.88 Å². The number of hydrogen-bond donors (Lipinski definition) is 2. The Balaban J connectivity index is 1.85. The molecule has 1 aliphatic heterocycles. The van der Waals surface area contributed by atoms with Crippen molar-refractivity contribution >= 4 is 17.3 Å². The van der Waals surface area contributed by atoms with Gasteiger partial charge in [-0.05, 0) is 30.2 Å². The molecule has 0 amide bonds. The van der Waals surface area contributed by atoms with Crippen LogP contribution in [-0.2, 0) is 11.2 Å². The van der Waals surface area contributed by atoms with Gasteiger partial charge < -0.3 is 15.7 Å². The van der Waals surface area contributed by atoms with E-state index in [0.29, 0.717) is 12.5 Å². The molecule has 4 nitrogen and oxygen atoms in total. The number of aliphatic carboxylic acids is 1. The molecule has 5 heteroatoms. The number of carboxylic acid groups (broad SMARTS) is 1. The van der Waals surface area contributed by atoms with E-state index in [1.807, 2.05) is 0 Å². The first-order chi connectivity index (χ1) is 8.63. The topological polar surface area (TPSA) is 66.6 Å². The predicted molar refractivity (Wildman–Crippen MR) is 72.8 cm³/mol. The lowest BCUT2D eigenvalue weighted by molar-refractivity contribution is -0.137. The van der Waals surface area contributed by atoms with Gasteiger partial charge >= 0.3 is 5.97 Å². The molecule has 0 spiro atoms. The third kappa shape index (κ3) is 4.08. The molecule has 1 aromatic rings. The van der Waals surface area contributed by atoms with Crippen LogP contribution in [-0.4, -0.2) is 41.7 Å². The smallest absolute Gasteiger partial charge is 0.304 e. The van der Waals surface area contributed by atoms with Crippen molar-refractivity contribution in [3.8, 4) is 0 Å². The largest absolute Gasteiger partial charge is 0.481 e. The number of rotatable bonds is 5. The number of thiophene rings is 1. The zero-order valence-electron chi connectivity index (χ0n) is 10.4. The van der Waals surface area contributed by atoms with E-state index in [1.54, 1.807) is 11.3 Å². The summed E-state index contributed by atoms with van der Waals surface area (Å²) in [4.78, 5) is 14.2. The van der Waals surface area contributed by atoms with Crippen molar-refractivity contribution in [2.75, 3.05) is 19.6 Å². The number of carboxylic acids is 1. The SMILES string of the molecule is NC1CC(Cc2cccs2)CN(CCC(=O)O)C1. The van der Waals surface area contributed by atoms with E-state index in [9.17, 15) is 4.79 Å². The number of carbonyl (C=O) groups is 1. The van der Waals surface area contributed by atoms with Gasteiger partial charge in [0.1, 0.15) is 0 Å². The van der Waals surface area contributed by atoms with Crippen molar-refractivity contribution in [2.24, 2.45) is 11.7 Å². The van der Waals surface area contributed by atoms with E-state index < -0.39 is 5.97 Å². The maximum atomic E-state index is 10.6. The van der Waals surface area contributed by atoms with Crippen LogP contribution in [0.5, 0.6) is 0 Å². The summed E-state index contributed by atoms with van der Waals surface area (Å²) in [6.45, 7) is 2.41. The quantitative estimate of drug-likeness (QED) is 0.847. The average Bonchev–Trinajstić information content (AvgIpc) is 2.78. The van der Waals surface area contributed by atoms with E-state index in [4.69, 9.17) is 10.8 Å². The van der Waals surface area contributed by atoms with Gasteiger partial charge in [-0.2, -0.15) is 0 Å². The molecule has 0 saturated carbocycles. The fourth-order valence-electron chi connectivity index (χ4n) is 2.65. The zero-order chi connectivity index (χ0) is 13.0. The van der Waals surface area contributed by atoms with Crippen LogP contribution < -0.4 is 5.73 Å². The number of hydrogen-bond acceptors (Lipinski definition) is 4. The molecule has 2 rings (SSSR count).